The van der Waals surface area contributed by atoms with Crippen LogP contribution in [-0.2, 0) is 0 Å². The number of rotatable bonds is 3. The number of nitrogens with zero attached hydrogens (tertiary/aromatic N) is 1. The fourth-order valence-corrected chi connectivity index (χ4v) is 1.97. The number of pyridine rings is 1. The quantitative estimate of drug-likeness (QED) is 0.921. The molecule has 1 rings (SSSR count). The van der Waals surface area contributed by atoms with Crippen molar-refractivity contribution in [2.24, 2.45) is 5.92 Å². The number of anilines is 1. The summed E-state index contributed by atoms with van der Waals surface area (Å²) in [6.45, 7) is 5.27. The van der Waals surface area contributed by atoms with Crippen molar-refractivity contribution in [2.75, 3.05) is 11.9 Å². The van der Waals surface area contributed by atoms with E-state index in [1.54, 1.807) is 6.20 Å². The van der Waals surface area contributed by atoms with Gasteiger partial charge < -0.3 is 5.32 Å². The zero-order valence-corrected chi connectivity index (χ0v) is 10.8. The molecule has 2 nitrogen and oxygen atoms in total. The van der Waals surface area contributed by atoms with E-state index < -0.39 is 0 Å². The maximum Gasteiger partial charge on any atom is 0.140 e. The molecule has 0 saturated carbocycles. The minimum absolute atomic E-state index is 0.623. The average molecular weight is 308 g/mol. The molecule has 0 unspecified atom stereocenters. The van der Waals surface area contributed by atoms with Crippen molar-refractivity contribution in [3.8, 4) is 0 Å². The standard InChI is InChI=1S/C9H12Br2N2/c1-6(2)4-12-9-8(11)3-7(10)5-13-9/h3,5-6H,4H2,1-2H3,(H,12,13). The van der Waals surface area contributed by atoms with E-state index in [9.17, 15) is 0 Å². The third-order valence-electron chi connectivity index (χ3n) is 1.49. The Hall–Kier alpha value is -0.0900. The fourth-order valence-electron chi connectivity index (χ4n) is 0.845. The van der Waals surface area contributed by atoms with Crippen LogP contribution in [-0.4, -0.2) is 11.5 Å². The molecule has 13 heavy (non-hydrogen) atoms. The number of hydrogen-bond donors (Lipinski definition) is 1. The van der Waals surface area contributed by atoms with E-state index in [0.29, 0.717) is 5.92 Å². The minimum Gasteiger partial charge on any atom is -0.369 e. The first-order chi connectivity index (χ1) is 6.09. The number of aromatic nitrogens is 1. The van der Waals surface area contributed by atoms with Gasteiger partial charge in [-0.25, -0.2) is 4.98 Å². The summed E-state index contributed by atoms with van der Waals surface area (Å²) in [6.07, 6.45) is 1.79. The lowest BCUT2D eigenvalue weighted by molar-refractivity contribution is 0.686. The first-order valence-corrected chi connectivity index (χ1v) is 5.73. The zero-order chi connectivity index (χ0) is 9.84. The molecule has 1 aromatic heterocycles. The van der Waals surface area contributed by atoms with Gasteiger partial charge in [-0.2, -0.15) is 0 Å². The van der Waals surface area contributed by atoms with Gasteiger partial charge in [-0.3, -0.25) is 0 Å². The molecule has 1 heterocycles. The topological polar surface area (TPSA) is 24.9 Å². The second kappa shape index (κ2) is 4.96. The van der Waals surface area contributed by atoms with Crippen LogP contribution in [0.2, 0.25) is 0 Å². The lowest BCUT2D eigenvalue weighted by Gasteiger charge is -2.09. The highest BCUT2D eigenvalue weighted by Gasteiger charge is 2.01. The molecule has 0 fully saturated rings. The number of halogens is 2. The minimum atomic E-state index is 0.623. The number of nitrogens with one attached hydrogen (secondary N) is 1. The Kier molecular flexibility index (Phi) is 4.19. The molecule has 1 aromatic rings. The highest BCUT2D eigenvalue weighted by molar-refractivity contribution is 9.11. The lowest BCUT2D eigenvalue weighted by atomic mass is 10.2. The Balaban J connectivity index is 2.67. The van der Waals surface area contributed by atoms with E-state index in [2.05, 4.69) is 56.0 Å². The smallest absolute Gasteiger partial charge is 0.140 e. The normalized spacial score (nSPS) is 10.5. The van der Waals surface area contributed by atoms with Crippen LogP contribution in [0.15, 0.2) is 21.2 Å². The van der Waals surface area contributed by atoms with Gasteiger partial charge in [-0.05, 0) is 43.8 Å². The average Bonchev–Trinajstić information content (AvgIpc) is 2.02. The van der Waals surface area contributed by atoms with E-state index in [0.717, 1.165) is 21.3 Å². The van der Waals surface area contributed by atoms with Crippen LogP contribution in [0.3, 0.4) is 0 Å². The predicted molar refractivity (Wildman–Crippen MR) is 63.0 cm³/mol. The first-order valence-electron chi connectivity index (χ1n) is 4.14. The molecule has 0 atom stereocenters. The van der Waals surface area contributed by atoms with Crippen LogP contribution in [0.1, 0.15) is 13.8 Å². The van der Waals surface area contributed by atoms with Crippen molar-refractivity contribution >= 4 is 37.7 Å². The molecular formula is C9H12Br2N2. The Labute approximate surface area is 95.4 Å². The Morgan fingerprint density at radius 1 is 1.46 bits per heavy atom. The monoisotopic (exact) mass is 306 g/mol. The molecule has 72 valence electrons. The highest BCUT2D eigenvalue weighted by atomic mass is 79.9. The Morgan fingerprint density at radius 3 is 2.69 bits per heavy atom. The molecule has 0 spiro atoms. The molecule has 0 bridgehead atoms. The number of hydrogen-bond acceptors (Lipinski definition) is 2. The maximum absolute atomic E-state index is 4.24. The van der Waals surface area contributed by atoms with Gasteiger partial charge in [0.25, 0.3) is 0 Å². The van der Waals surface area contributed by atoms with Crippen molar-refractivity contribution in [3.63, 3.8) is 0 Å². The van der Waals surface area contributed by atoms with E-state index in [1.165, 1.54) is 0 Å². The van der Waals surface area contributed by atoms with Crippen LogP contribution in [0, 0.1) is 5.92 Å². The molecule has 0 aliphatic carbocycles. The molecule has 0 aromatic carbocycles. The second-order valence-electron chi connectivity index (χ2n) is 3.26. The maximum atomic E-state index is 4.24. The summed E-state index contributed by atoms with van der Waals surface area (Å²) in [5.41, 5.74) is 0. The van der Waals surface area contributed by atoms with Crippen molar-refractivity contribution in [1.82, 2.24) is 4.98 Å². The van der Waals surface area contributed by atoms with Crippen LogP contribution in [0.5, 0.6) is 0 Å². The van der Waals surface area contributed by atoms with Gasteiger partial charge in [0.15, 0.2) is 0 Å². The molecular weight excluding hydrogens is 296 g/mol. The van der Waals surface area contributed by atoms with Gasteiger partial charge in [0.05, 0.1) is 4.47 Å². The molecule has 0 saturated heterocycles. The Morgan fingerprint density at radius 2 is 2.15 bits per heavy atom. The van der Waals surface area contributed by atoms with Crippen LogP contribution >= 0.6 is 31.9 Å². The van der Waals surface area contributed by atoms with Crippen molar-refractivity contribution in [3.05, 3.63) is 21.2 Å². The molecule has 0 aliphatic rings. The Bertz CT molecular complexity index is 287. The van der Waals surface area contributed by atoms with Gasteiger partial charge in [0.1, 0.15) is 5.82 Å². The largest absolute Gasteiger partial charge is 0.369 e. The van der Waals surface area contributed by atoms with Crippen molar-refractivity contribution in [1.29, 1.82) is 0 Å². The summed E-state index contributed by atoms with van der Waals surface area (Å²) in [6, 6.07) is 1.98. The predicted octanol–water partition coefficient (Wildman–Crippen LogP) is 3.67. The van der Waals surface area contributed by atoms with Gasteiger partial charge in [0, 0.05) is 17.2 Å². The fraction of sp³-hybridized carbons (Fsp3) is 0.444. The summed E-state index contributed by atoms with van der Waals surface area (Å²) in [5, 5.41) is 3.26. The summed E-state index contributed by atoms with van der Waals surface area (Å²) in [5.74, 6) is 1.52. The van der Waals surface area contributed by atoms with E-state index in [1.807, 2.05) is 6.07 Å². The van der Waals surface area contributed by atoms with Crippen molar-refractivity contribution < 1.29 is 0 Å². The zero-order valence-electron chi connectivity index (χ0n) is 7.64. The molecule has 4 heteroatoms. The molecule has 0 amide bonds. The van der Waals surface area contributed by atoms with Crippen LogP contribution < -0.4 is 5.32 Å². The summed E-state index contributed by atoms with van der Waals surface area (Å²) in [4.78, 5) is 4.24. The summed E-state index contributed by atoms with van der Waals surface area (Å²) in [7, 11) is 0. The van der Waals surface area contributed by atoms with Crippen molar-refractivity contribution in [2.45, 2.75) is 13.8 Å². The SMILES string of the molecule is CC(C)CNc1ncc(Br)cc1Br. The molecule has 0 aliphatic heterocycles. The van der Waals surface area contributed by atoms with Gasteiger partial charge >= 0.3 is 0 Å². The second-order valence-corrected chi connectivity index (χ2v) is 5.03. The first kappa shape index (κ1) is 11.0. The summed E-state index contributed by atoms with van der Waals surface area (Å²) < 4.78 is 1.97. The summed E-state index contributed by atoms with van der Waals surface area (Å²) >= 11 is 6.80. The third-order valence-corrected chi connectivity index (χ3v) is 2.52. The van der Waals surface area contributed by atoms with Gasteiger partial charge in [-0.15, -0.1) is 0 Å². The van der Waals surface area contributed by atoms with Gasteiger partial charge in [-0.1, -0.05) is 13.8 Å². The van der Waals surface area contributed by atoms with Crippen LogP contribution in [0.4, 0.5) is 5.82 Å². The van der Waals surface area contributed by atoms with E-state index >= 15 is 0 Å². The molecule has 0 radical (unpaired) electrons. The third kappa shape index (κ3) is 3.65. The highest BCUT2D eigenvalue weighted by Crippen LogP contribution is 2.23. The van der Waals surface area contributed by atoms with Crippen LogP contribution in [0.25, 0.3) is 0 Å². The lowest BCUT2D eigenvalue weighted by Crippen LogP contribution is -2.09. The molecule has 1 N–H and O–H groups in total. The van der Waals surface area contributed by atoms with Gasteiger partial charge in [0.2, 0.25) is 0 Å². The van der Waals surface area contributed by atoms with E-state index in [4.69, 9.17) is 0 Å². The van der Waals surface area contributed by atoms with E-state index in [-0.39, 0.29) is 0 Å².